The average Bonchev–Trinajstić information content (AvgIpc) is 3.40. The number of esters is 3. The van der Waals surface area contributed by atoms with E-state index in [4.69, 9.17) is 14.2 Å². The molecule has 0 bridgehead atoms. The maximum atomic E-state index is 12.8. The van der Waals surface area contributed by atoms with Gasteiger partial charge in [-0.3, -0.25) is 14.4 Å². The minimum absolute atomic E-state index is 0.107. The van der Waals surface area contributed by atoms with Gasteiger partial charge in [0.2, 0.25) is 0 Å². The highest BCUT2D eigenvalue weighted by Crippen LogP contribution is 2.16. The summed E-state index contributed by atoms with van der Waals surface area (Å²) in [6.07, 6.45) is 85.1. The fourth-order valence-electron chi connectivity index (χ4n) is 8.17. The molecule has 0 N–H and O–H groups in total. The summed E-state index contributed by atoms with van der Waals surface area (Å²) in [6, 6.07) is 0. The molecule has 0 aromatic heterocycles. The number of rotatable bonds is 54. The van der Waals surface area contributed by atoms with Gasteiger partial charge in [-0.2, -0.15) is 0 Å². The van der Waals surface area contributed by atoms with Crippen LogP contribution in [-0.4, -0.2) is 37.2 Å². The van der Waals surface area contributed by atoms with Crippen molar-refractivity contribution in [1.82, 2.24) is 0 Å². The number of allylic oxidation sites excluding steroid dienone is 20. The Morgan fingerprint density at radius 1 is 0.284 bits per heavy atom. The minimum atomic E-state index is -0.816. The van der Waals surface area contributed by atoms with Gasteiger partial charge in [-0.25, -0.2) is 0 Å². The Kier molecular flexibility index (Phi) is 57.9. The van der Waals surface area contributed by atoms with E-state index in [1.807, 2.05) is 6.08 Å². The van der Waals surface area contributed by atoms with Crippen molar-refractivity contribution in [3.8, 4) is 0 Å². The van der Waals surface area contributed by atoms with E-state index >= 15 is 0 Å². The van der Waals surface area contributed by atoms with Crippen molar-refractivity contribution in [3.63, 3.8) is 0 Å². The van der Waals surface area contributed by atoms with Gasteiger partial charge < -0.3 is 14.2 Å². The van der Waals surface area contributed by atoms with E-state index in [2.05, 4.69) is 136 Å². The van der Waals surface area contributed by atoms with Gasteiger partial charge in [0, 0.05) is 19.3 Å². The average molecular weight is 1030 g/mol. The van der Waals surface area contributed by atoms with Crippen molar-refractivity contribution >= 4 is 17.9 Å². The number of unbranched alkanes of at least 4 members (excludes halogenated alkanes) is 23. The van der Waals surface area contributed by atoms with E-state index in [0.717, 1.165) is 116 Å². The lowest BCUT2D eigenvalue weighted by molar-refractivity contribution is -0.166. The molecule has 0 saturated carbocycles. The van der Waals surface area contributed by atoms with Gasteiger partial charge in [0.25, 0.3) is 0 Å². The Balaban J connectivity index is 4.26. The van der Waals surface area contributed by atoms with E-state index in [0.29, 0.717) is 19.3 Å². The van der Waals surface area contributed by atoms with Gasteiger partial charge >= 0.3 is 17.9 Å². The normalized spacial score (nSPS) is 13.0. The van der Waals surface area contributed by atoms with Crippen molar-refractivity contribution in [3.05, 3.63) is 122 Å². The molecule has 0 spiro atoms. The summed E-state index contributed by atoms with van der Waals surface area (Å²) >= 11 is 0. The van der Waals surface area contributed by atoms with E-state index < -0.39 is 6.10 Å². The maximum Gasteiger partial charge on any atom is 0.306 e. The molecule has 420 valence electrons. The maximum absolute atomic E-state index is 12.8. The molecule has 6 nitrogen and oxygen atoms in total. The van der Waals surface area contributed by atoms with Crippen molar-refractivity contribution in [1.29, 1.82) is 0 Å². The molecule has 0 radical (unpaired) electrons. The van der Waals surface area contributed by atoms with Gasteiger partial charge in [0.05, 0.1) is 0 Å². The quantitative estimate of drug-likeness (QED) is 0.0261. The van der Waals surface area contributed by atoms with E-state index in [9.17, 15) is 14.4 Å². The highest BCUT2D eigenvalue weighted by molar-refractivity contribution is 5.71. The smallest absolute Gasteiger partial charge is 0.306 e. The van der Waals surface area contributed by atoms with Crippen molar-refractivity contribution in [2.24, 2.45) is 0 Å². The Morgan fingerprint density at radius 2 is 0.554 bits per heavy atom. The molecule has 1 unspecified atom stereocenters. The second kappa shape index (κ2) is 61.4. The summed E-state index contributed by atoms with van der Waals surface area (Å²) in [7, 11) is 0. The lowest BCUT2D eigenvalue weighted by Crippen LogP contribution is -2.30. The molecule has 1 atom stereocenters. The van der Waals surface area contributed by atoms with Crippen LogP contribution in [-0.2, 0) is 28.6 Å². The summed E-state index contributed by atoms with van der Waals surface area (Å²) in [4.78, 5) is 38.1. The predicted octanol–water partition coefficient (Wildman–Crippen LogP) is 20.8. The standard InChI is InChI=1S/C68H112O6/c1-4-7-10-13-16-19-22-25-27-28-29-30-31-32-33-34-35-36-37-38-39-40-41-44-46-49-52-55-58-61-67(70)73-64-65(63-72-66(69)60-57-54-51-48-45-42-24-21-18-15-12-9-6-3)74-68(71)62-59-56-53-50-47-43-26-23-20-17-14-11-8-5-2/h7,9-10,12,14,16-19,21,23,25-27,29-30,42,45,51,54,65H,4-6,8,11,13,15,20,22,24,28,31-41,43-44,46-50,52-53,55-64H2,1-3H3/b10-7-,12-9-,17-14-,19-16-,21-18-,26-23-,27-25-,30-29-,45-42-,54-51-. The zero-order valence-corrected chi connectivity index (χ0v) is 48.1. The predicted molar refractivity (Wildman–Crippen MR) is 320 cm³/mol. The van der Waals surface area contributed by atoms with Gasteiger partial charge in [-0.1, -0.05) is 264 Å². The van der Waals surface area contributed by atoms with E-state index in [1.165, 1.54) is 109 Å². The molecule has 0 aromatic rings. The number of ether oxygens (including phenoxy) is 3. The van der Waals surface area contributed by atoms with Crippen LogP contribution >= 0.6 is 0 Å². The van der Waals surface area contributed by atoms with Crippen molar-refractivity contribution < 1.29 is 28.6 Å². The lowest BCUT2D eigenvalue weighted by Gasteiger charge is -2.18. The topological polar surface area (TPSA) is 78.9 Å². The van der Waals surface area contributed by atoms with Gasteiger partial charge in [-0.05, 0) is 109 Å². The Bertz CT molecular complexity index is 1550. The molecule has 0 aliphatic carbocycles. The monoisotopic (exact) mass is 1020 g/mol. The molecule has 0 fully saturated rings. The zero-order valence-electron chi connectivity index (χ0n) is 48.1. The Labute approximate surface area is 456 Å². The number of carbonyl (C=O) groups excluding carboxylic acids is 3. The molecule has 0 aliphatic heterocycles. The highest BCUT2D eigenvalue weighted by atomic mass is 16.6. The fourth-order valence-corrected chi connectivity index (χ4v) is 8.17. The summed E-state index contributed by atoms with van der Waals surface area (Å²) in [6.45, 7) is 6.30. The molecule has 0 aromatic carbocycles. The van der Waals surface area contributed by atoms with Gasteiger partial charge in [0.15, 0.2) is 6.10 Å². The summed E-state index contributed by atoms with van der Waals surface area (Å²) < 4.78 is 16.8. The van der Waals surface area contributed by atoms with Crippen LogP contribution in [0.15, 0.2) is 122 Å². The summed E-state index contributed by atoms with van der Waals surface area (Å²) in [5.41, 5.74) is 0. The van der Waals surface area contributed by atoms with Crippen LogP contribution in [0.2, 0.25) is 0 Å². The van der Waals surface area contributed by atoms with Gasteiger partial charge in [0.1, 0.15) is 13.2 Å². The Morgan fingerprint density at radius 3 is 0.905 bits per heavy atom. The first-order chi connectivity index (χ1) is 36.5. The van der Waals surface area contributed by atoms with Crippen LogP contribution in [0.25, 0.3) is 0 Å². The van der Waals surface area contributed by atoms with Gasteiger partial charge in [-0.15, -0.1) is 0 Å². The number of hydrogen-bond donors (Lipinski definition) is 0. The molecule has 6 heteroatoms. The summed E-state index contributed by atoms with van der Waals surface area (Å²) in [5.74, 6) is -1.00. The molecule has 0 aliphatic rings. The molecule has 74 heavy (non-hydrogen) atoms. The molecule has 0 rings (SSSR count). The van der Waals surface area contributed by atoms with Crippen LogP contribution < -0.4 is 0 Å². The SMILES string of the molecule is CC/C=C\C/C=C\C/C=C\C/C=C\CCCCCCCCCCCCCCCCCCC(=O)OCC(COC(=O)CC/C=C\C/C=C\C/C=C\C/C=C\CC)OC(=O)CCCCCCC/C=C\C/C=C\CCCC. The van der Waals surface area contributed by atoms with Crippen LogP contribution in [0.4, 0.5) is 0 Å². The highest BCUT2D eigenvalue weighted by Gasteiger charge is 2.19. The van der Waals surface area contributed by atoms with Crippen LogP contribution in [0.1, 0.15) is 271 Å². The van der Waals surface area contributed by atoms with E-state index in [-0.39, 0.29) is 37.5 Å². The minimum Gasteiger partial charge on any atom is -0.462 e. The first-order valence-corrected chi connectivity index (χ1v) is 30.5. The lowest BCUT2D eigenvalue weighted by atomic mass is 10.0. The van der Waals surface area contributed by atoms with Crippen LogP contribution in [0, 0.1) is 0 Å². The van der Waals surface area contributed by atoms with Crippen LogP contribution in [0.3, 0.4) is 0 Å². The third-order valence-electron chi connectivity index (χ3n) is 12.7. The number of carbonyl (C=O) groups is 3. The van der Waals surface area contributed by atoms with Crippen molar-refractivity contribution in [2.75, 3.05) is 13.2 Å². The molecule has 0 amide bonds. The van der Waals surface area contributed by atoms with Crippen molar-refractivity contribution in [2.45, 2.75) is 277 Å². The molecule has 0 heterocycles. The second-order valence-corrected chi connectivity index (χ2v) is 19.8. The second-order valence-electron chi connectivity index (χ2n) is 19.8. The third-order valence-corrected chi connectivity index (χ3v) is 12.7. The molecule has 0 saturated heterocycles. The first kappa shape index (κ1) is 69.8. The first-order valence-electron chi connectivity index (χ1n) is 30.5. The molecular formula is C68H112O6. The zero-order chi connectivity index (χ0) is 53.6. The Hall–Kier alpha value is -4.19. The van der Waals surface area contributed by atoms with E-state index in [1.54, 1.807) is 0 Å². The third kappa shape index (κ3) is 58.7. The number of hydrogen-bond acceptors (Lipinski definition) is 6. The molecular weight excluding hydrogens is 913 g/mol. The largest absolute Gasteiger partial charge is 0.462 e. The fraction of sp³-hybridized carbons (Fsp3) is 0.662. The summed E-state index contributed by atoms with van der Waals surface area (Å²) in [5, 5.41) is 0. The van der Waals surface area contributed by atoms with Crippen LogP contribution in [0.5, 0.6) is 0 Å².